The molecule has 0 amide bonds. The van der Waals surface area contributed by atoms with Crippen molar-refractivity contribution in [3.63, 3.8) is 0 Å². The number of aromatic nitrogens is 3. The maximum Gasteiger partial charge on any atom is 0.343 e. The van der Waals surface area contributed by atoms with Gasteiger partial charge in [0.25, 0.3) is 11.5 Å². The molecule has 2 aromatic carbocycles. The van der Waals surface area contributed by atoms with Gasteiger partial charge in [0.2, 0.25) is 11.7 Å². The molecule has 254 valence electrons. The third-order valence-corrected chi connectivity index (χ3v) is 7.40. The van der Waals surface area contributed by atoms with E-state index in [9.17, 15) is 28.8 Å². The summed E-state index contributed by atoms with van der Waals surface area (Å²) in [5.74, 6) is -5.37. The van der Waals surface area contributed by atoms with Crippen LogP contribution in [0.3, 0.4) is 0 Å². The van der Waals surface area contributed by atoms with Gasteiger partial charge in [0.05, 0.1) is 30.7 Å². The zero-order chi connectivity index (χ0) is 35.2. The first kappa shape index (κ1) is 34.8. The van der Waals surface area contributed by atoms with E-state index >= 15 is 4.39 Å². The molecule has 14 nitrogen and oxygen atoms in total. The standard InChI is InChI=1S/C33H27ClFN3O11/c1-18(39)45-17-27-26(46-16-20-7-4-3-5-8-20)13-29(48-27)37-15-24(35)31(42)38(33(37)44)30(41)21-9-6-10-22(11-21)32(43)49-25-12-28(47-19(2)40)36-14-23(25)34/h3-12,14-15,26-27,29H,13,16-17H2,1-2H3/t26-,27+,29+/m0/s1. The van der Waals surface area contributed by atoms with Gasteiger partial charge in [0.15, 0.2) is 5.75 Å². The van der Waals surface area contributed by atoms with Crippen LogP contribution in [0.5, 0.6) is 11.6 Å². The Kier molecular flexibility index (Phi) is 10.8. The SMILES string of the molecule is CC(=O)OC[C@H]1O[C@@H](n2cc(F)c(=O)n(C(=O)c3cccc(C(=O)Oc4cc(OC(C)=O)ncc4Cl)c3)c2=O)C[C@@H]1OCc1ccccc1. The predicted octanol–water partition coefficient (Wildman–Crippen LogP) is 3.47. The lowest BCUT2D eigenvalue weighted by molar-refractivity contribution is -0.148. The summed E-state index contributed by atoms with van der Waals surface area (Å²) >= 11 is 6.05. The van der Waals surface area contributed by atoms with Crippen molar-refractivity contribution in [3.05, 3.63) is 121 Å². The number of ether oxygens (including phenoxy) is 5. The summed E-state index contributed by atoms with van der Waals surface area (Å²) in [6, 6.07) is 15.0. The van der Waals surface area contributed by atoms with E-state index in [1.807, 2.05) is 30.3 Å². The number of rotatable bonds is 10. The second kappa shape index (κ2) is 15.1. The first-order valence-electron chi connectivity index (χ1n) is 14.6. The Labute approximate surface area is 281 Å². The van der Waals surface area contributed by atoms with Crippen LogP contribution in [0.1, 0.15) is 52.8 Å². The fourth-order valence-corrected chi connectivity index (χ4v) is 4.99. The molecule has 0 bridgehead atoms. The van der Waals surface area contributed by atoms with E-state index in [0.29, 0.717) is 6.20 Å². The lowest BCUT2D eigenvalue weighted by Crippen LogP contribution is -2.46. The molecular weight excluding hydrogens is 669 g/mol. The lowest BCUT2D eigenvalue weighted by atomic mass is 10.1. The summed E-state index contributed by atoms with van der Waals surface area (Å²) < 4.78 is 43.0. The summed E-state index contributed by atoms with van der Waals surface area (Å²) in [5, 5.41) is -0.0970. The smallest absolute Gasteiger partial charge is 0.343 e. The third-order valence-electron chi connectivity index (χ3n) is 7.11. The minimum atomic E-state index is -1.54. The van der Waals surface area contributed by atoms with E-state index in [0.717, 1.165) is 35.4 Å². The quantitative estimate of drug-likeness (QED) is 0.222. The summed E-state index contributed by atoms with van der Waals surface area (Å²) in [6.07, 6.45) is -1.12. The van der Waals surface area contributed by atoms with Crippen molar-refractivity contribution in [1.29, 1.82) is 0 Å². The van der Waals surface area contributed by atoms with Gasteiger partial charge in [-0.15, -0.1) is 0 Å². The zero-order valence-corrected chi connectivity index (χ0v) is 26.6. The van der Waals surface area contributed by atoms with Crippen LogP contribution in [0, 0.1) is 5.82 Å². The van der Waals surface area contributed by atoms with E-state index in [2.05, 4.69) is 4.98 Å². The average Bonchev–Trinajstić information content (AvgIpc) is 3.49. The van der Waals surface area contributed by atoms with Crippen molar-refractivity contribution >= 4 is 35.4 Å². The van der Waals surface area contributed by atoms with E-state index in [1.165, 1.54) is 25.1 Å². The van der Waals surface area contributed by atoms with E-state index < -0.39 is 59.3 Å². The van der Waals surface area contributed by atoms with Crippen LogP contribution in [-0.2, 0) is 30.4 Å². The molecule has 2 aromatic heterocycles. The maximum atomic E-state index is 15.0. The van der Waals surface area contributed by atoms with Crippen LogP contribution in [0.25, 0.3) is 0 Å². The highest BCUT2D eigenvalue weighted by atomic mass is 35.5. The number of hydrogen-bond donors (Lipinski definition) is 0. The van der Waals surface area contributed by atoms with Gasteiger partial charge in [0.1, 0.15) is 24.0 Å². The molecular formula is C33H27ClFN3O11. The molecule has 1 saturated heterocycles. The molecule has 0 aliphatic carbocycles. The van der Waals surface area contributed by atoms with Crippen LogP contribution >= 0.6 is 11.6 Å². The number of benzene rings is 2. The molecule has 49 heavy (non-hydrogen) atoms. The highest BCUT2D eigenvalue weighted by Gasteiger charge is 2.39. The molecule has 1 fully saturated rings. The van der Waals surface area contributed by atoms with E-state index in [4.69, 9.17) is 35.3 Å². The number of carbonyl (C=O) groups is 4. The van der Waals surface area contributed by atoms with Gasteiger partial charge in [0, 0.05) is 31.9 Å². The monoisotopic (exact) mass is 695 g/mol. The molecule has 0 unspecified atom stereocenters. The summed E-state index contributed by atoms with van der Waals surface area (Å²) in [7, 11) is 0. The number of hydrogen-bond acceptors (Lipinski definition) is 12. The van der Waals surface area contributed by atoms with Crippen molar-refractivity contribution in [2.75, 3.05) is 6.61 Å². The Bertz CT molecular complexity index is 2030. The molecule has 16 heteroatoms. The lowest BCUT2D eigenvalue weighted by Gasteiger charge is -2.18. The second-order valence-corrected chi connectivity index (χ2v) is 11.0. The summed E-state index contributed by atoms with van der Waals surface area (Å²) in [5.41, 5.74) is -2.47. The van der Waals surface area contributed by atoms with Crippen molar-refractivity contribution < 1.29 is 47.3 Å². The van der Waals surface area contributed by atoms with Crippen LogP contribution < -0.4 is 20.7 Å². The van der Waals surface area contributed by atoms with Crippen molar-refractivity contribution in [3.8, 4) is 11.6 Å². The molecule has 5 rings (SSSR count). The molecule has 0 N–H and O–H groups in total. The van der Waals surface area contributed by atoms with Gasteiger partial charge in [-0.1, -0.05) is 48.0 Å². The Hall–Kier alpha value is -5.51. The molecule has 1 aliphatic heterocycles. The molecule has 0 radical (unpaired) electrons. The molecule has 3 heterocycles. The normalized spacial score (nSPS) is 16.9. The molecule has 0 spiro atoms. The molecule has 0 saturated carbocycles. The van der Waals surface area contributed by atoms with Crippen LogP contribution in [0.15, 0.2) is 82.6 Å². The Morgan fingerprint density at radius 1 is 0.980 bits per heavy atom. The van der Waals surface area contributed by atoms with Crippen LogP contribution in [-0.4, -0.2) is 56.7 Å². The van der Waals surface area contributed by atoms with Crippen molar-refractivity contribution in [2.24, 2.45) is 0 Å². The molecule has 1 aliphatic rings. The van der Waals surface area contributed by atoms with Gasteiger partial charge < -0.3 is 23.7 Å². The average molecular weight is 696 g/mol. The van der Waals surface area contributed by atoms with E-state index in [-0.39, 0.29) is 52.0 Å². The Morgan fingerprint density at radius 2 is 1.71 bits per heavy atom. The number of nitrogens with zero attached hydrogens (tertiary/aromatic N) is 3. The summed E-state index contributed by atoms with van der Waals surface area (Å²) in [4.78, 5) is 79.5. The number of halogens is 2. The third kappa shape index (κ3) is 8.32. The van der Waals surface area contributed by atoms with Crippen molar-refractivity contribution in [1.82, 2.24) is 14.1 Å². The highest BCUT2D eigenvalue weighted by Crippen LogP contribution is 2.31. The van der Waals surface area contributed by atoms with Crippen molar-refractivity contribution in [2.45, 2.75) is 45.3 Å². The minimum absolute atomic E-state index is 0.0252. The van der Waals surface area contributed by atoms with E-state index in [1.54, 1.807) is 0 Å². The van der Waals surface area contributed by atoms with Crippen LogP contribution in [0.2, 0.25) is 5.02 Å². The highest BCUT2D eigenvalue weighted by molar-refractivity contribution is 6.32. The van der Waals surface area contributed by atoms with Gasteiger partial charge in [-0.2, -0.15) is 8.96 Å². The topological polar surface area (TPSA) is 171 Å². The minimum Gasteiger partial charge on any atom is -0.463 e. The number of esters is 3. The first-order valence-corrected chi connectivity index (χ1v) is 15.0. The summed E-state index contributed by atoms with van der Waals surface area (Å²) in [6.45, 7) is 2.27. The van der Waals surface area contributed by atoms with Gasteiger partial charge in [-0.25, -0.2) is 14.6 Å². The fourth-order valence-electron chi connectivity index (χ4n) is 4.85. The second-order valence-electron chi connectivity index (χ2n) is 10.6. The Balaban J connectivity index is 1.40. The number of pyridine rings is 1. The van der Waals surface area contributed by atoms with Gasteiger partial charge in [-0.3, -0.25) is 23.7 Å². The van der Waals surface area contributed by atoms with Gasteiger partial charge >= 0.3 is 23.6 Å². The predicted molar refractivity (Wildman–Crippen MR) is 167 cm³/mol. The van der Waals surface area contributed by atoms with Crippen LogP contribution in [0.4, 0.5) is 4.39 Å². The Morgan fingerprint density at radius 3 is 2.43 bits per heavy atom. The fraction of sp³-hybridized carbons (Fsp3) is 0.242. The largest absolute Gasteiger partial charge is 0.463 e. The van der Waals surface area contributed by atoms with Gasteiger partial charge in [-0.05, 0) is 23.8 Å². The number of carbonyl (C=O) groups excluding carboxylic acids is 4. The first-order chi connectivity index (χ1) is 23.4. The molecule has 4 aromatic rings. The molecule has 3 atom stereocenters. The maximum absolute atomic E-state index is 15.0. The zero-order valence-electron chi connectivity index (χ0n) is 25.9.